The van der Waals surface area contributed by atoms with Crippen molar-refractivity contribution in [2.45, 2.75) is 91.3 Å². The second-order valence-electron chi connectivity index (χ2n) is 8.52. The molecule has 1 fully saturated rings. The number of hydrogen-bond donors (Lipinski definition) is 1. The second kappa shape index (κ2) is 8.78. The third kappa shape index (κ3) is 4.84. The minimum Gasteiger partial charge on any atom is -0.459 e. The quantitative estimate of drug-likeness (QED) is 0.341. The Morgan fingerprint density at radius 1 is 1.29 bits per heavy atom. The van der Waals surface area contributed by atoms with Crippen LogP contribution in [0.4, 0.5) is 0 Å². The van der Waals surface area contributed by atoms with Crippen molar-refractivity contribution < 1.29 is 28.9 Å². The Kier molecular flexibility index (Phi) is 7.10. The van der Waals surface area contributed by atoms with Gasteiger partial charge in [-0.1, -0.05) is 26.0 Å². The van der Waals surface area contributed by atoms with Gasteiger partial charge in [0.15, 0.2) is 0 Å². The third-order valence-electron chi connectivity index (χ3n) is 5.95. The van der Waals surface area contributed by atoms with Crippen LogP contribution < -0.4 is 0 Å². The van der Waals surface area contributed by atoms with Crippen LogP contribution >= 0.6 is 0 Å². The van der Waals surface area contributed by atoms with Crippen LogP contribution in [0.3, 0.4) is 0 Å². The molecule has 2 aliphatic rings. The van der Waals surface area contributed by atoms with Crippen molar-refractivity contribution in [1.82, 2.24) is 0 Å². The SMILES string of the molecule is C/C=C(\C)C(=O)O[C@H]1[C@H](C(C)C)[C@H](OC(C)=O)[C@H]2O[C@]2(C)CC/C=C(\C)[C@@H]1O. The average Bonchev–Trinajstić information content (AvgIpc) is 3.28. The Morgan fingerprint density at radius 3 is 2.46 bits per heavy atom. The van der Waals surface area contributed by atoms with E-state index >= 15 is 0 Å². The molecular formula is C22H34O6. The lowest BCUT2D eigenvalue weighted by Gasteiger charge is -2.38. The molecule has 2 rings (SSSR count). The second-order valence-corrected chi connectivity index (χ2v) is 8.52. The van der Waals surface area contributed by atoms with Gasteiger partial charge in [0.05, 0.1) is 5.60 Å². The van der Waals surface area contributed by atoms with Crippen LogP contribution in [-0.4, -0.2) is 47.1 Å². The molecule has 1 aliphatic carbocycles. The molecule has 6 nitrogen and oxygen atoms in total. The molecule has 1 heterocycles. The molecular weight excluding hydrogens is 360 g/mol. The van der Waals surface area contributed by atoms with Crippen LogP contribution in [-0.2, 0) is 23.8 Å². The van der Waals surface area contributed by atoms with E-state index in [9.17, 15) is 14.7 Å². The Hall–Kier alpha value is -1.66. The van der Waals surface area contributed by atoms with Crippen molar-refractivity contribution in [2.24, 2.45) is 11.8 Å². The number of ether oxygens (including phenoxy) is 3. The zero-order valence-electron chi connectivity index (χ0n) is 18.0. The molecule has 0 radical (unpaired) electrons. The lowest BCUT2D eigenvalue weighted by Crippen LogP contribution is -2.50. The summed E-state index contributed by atoms with van der Waals surface area (Å²) in [4.78, 5) is 24.4. The zero-order chi connectivity index (χ0) is 21.2. The number of allylic oxidation sites excluding steroid dienone is 2. The largest absolute Gasteiger partial charge is 0.459 e. The Labute approximate surface area is 167 Å². The highest BCUT2D eigenvalue weighted by atomic mass is 16.6. The summed E-state index contributed by atoms with van der Waals surface area (Å²) < 4.78 is 17.5. The summed E-state index contributed by atoms with van der Waals surface area (Å²) in [6.07, 6.45) is 2.42. The van der Waals surface area contributed by atoms with E-state index < -0.39 is 36.2 Å². The molecule has 0 aromatic rings. The van der Waals surface area contributed by atoms with E-state index in [1.165, 1.54) is 6.92 Å². The highest BCUT2D eigenvalue weighted by Gasteiger charge is 2.61. The number of hydrogen-bond acceptors (Lipinski definition) is 6. The topological polar surface area (TPSA) is 85.4 Å². The van der Waals surface area contributed by atoms with Crippen molar-refractivity contribution in [3.8, 4) is 0 Å². The molecule has 0 aromatic carbocycles. The summed E-state index contributed by atoms with van der Waals surface area (Å²) in [7, 11) is 0. The minimum absolute atomic E-state index is 0.0246. The minimum atomic E-state index is -0.984. The number of carbonyl (C=O) groups excluding carboxylic acids is 2. The lowest BCUT2D eigenvalue weighted by molar-refractivity contribution is -0.169. The average molecular weight is 395 g/mol. The molecule has 6 heteroatoms. The normalized spacial score (nSPS) is 38.1. The predicted octanol–water partition coefficient (Wildman–Crippen LogP) is 3.33. The van der Waals surface area contributed by atoms with Gasteiger partial charge in [-0.3, -0.25) is 4.79 Å². The number of esters is 2. The lowest BCUT2D eigenvalue weighted by atomic mass is 9.77. The summed E-state index contributed by atoms with van der Waals surface area (Å²) in [6.45, 7) is 12.6. The smallest absolute Gasteiger partial charge is 0.333 e. The summed E-state index contributed by atoms with van der Waals surface area (Å²) in [5.74, 6) is -1.34. The van der Waals surface area contributed by atoms with E-state index in [-0.39, 0.29) is 17.6 Å². The van der Waals surface area contributed by atoms with Gasteiger partial charge >= 0.3 is 11.9 Å². The monoisotopic (exact) mass is 394 g/mol. The Balaban J connectivity index is 2.51. The maximum absolute atomic E-state index is 12.5. The van der Waals surface area contributed by atoms with Crippen molar-refractivity contribution in [3.63, 3.8) is 0 Å². The molecule has 0 saturated carbocycles. The third-order valence-corrected chi connectivity index (χ3v) is 5.95. The summed E-state index contributed by atoms with van der Waals surface area (Å²) in [6, 6.07) is 0. The molecule has 6 atom stereocenters. The van der Waals surface area contributed by atoms with E-state index in [0.717, 1.165) is 18.4 Å². The number of rotatable bonds is 4. The molecule has 158 valence electrons. The van der Waals surface area contributed by atoms with Crippen molar-refractivity contribution in [3.05, 3.63) is 23.3 Å². The number of aliphatic hydroxyl groups is 1. The van der Waals surface area contributed by atoms with Gasteiger partial charge in [0.1, 0.15) is 24.4 Å². The van der Waals surface area contributed by atoms with Gasteiger partial charge in [0, 0.05) is 18.4 Å². The first-order valence-electron chi connectivity index (χ1n) is 10.1. The first-order valence-corrected chi connectivity index (χ1v) is 10.1. The maximum Gasteiger partial charge on any atom is 0.333 e. The number of epoxide rings is 1. The Morgan fingerprint density at radius 2 is 1.93 bits per heavy atom. The van der Waals surface area contributed by atoms with Gasteiger partial charge in [-0.05, 0) is 52.0 Å². The van der Waals surface area contributed by atoms with Crippen LogP contribution in [0.25, 0.3) is 0 Å². The van der Waals surface area contributed by atoms with Crippen LogP contribution in [0.1, 0.15) is 61.3 Å². The van der Waals surface area contributed by atoms with Crippen LogP contribution in [0.5, 0.6) is 0 Å². The fourth-order valence-electron chi connectivity index (χ4n) is 4.01. The highest BCUT2D eigenvalue weighted by Crippen LogP contribution is 2.48. The van der Waals surface area contributed by atoms with Gasteiger partial charge in [-0.25, -0.2) is 4.79 Å². The van der Waals surface area contributed by atoms with Gasteiger partial charge in [-0.2, -0.15) is 0 Å². The molecule has 1 aliphatic heterocycles. The van der Waals surface area contributed by atoms with Crippen molar-refractivity contribution in [1.29, 1.82) is 0 Å². The van der Waals surface area contributed by atoms with Crippen molar-refractivity contribution in [2.75, 3.05) is 0 Å². The molecule has 28 heavy (non-hydrogen) atoms. The fourth-order valence-corrected chi connectivity index (χ4v) is 4.01. The van der Waals surface area contributed by atoms with E-state index in [1.807, 2.05) is 33.8 Å². The molecule has 0 aromatic heterocycles. The van der Waals surface area contributed by atoms with E-state index in [0.29, 0.717) is 5.57 Å². The van der Waals surface area contributed by atoms with Gasteiger partial charge < -0.3 is 19.3 Å². The van der Waals surface area contributed by atoms with Gasteiger partial charge in [-0.15, -0.1) is 0 Å². The highest BCUT2D eigenvalue weighted by molar-refractivity contribution is 5.87. The van der Waals surface area contributed by atoms with E-state index in [2.05, 4.69) is 0 Å². The molecule has 1 saturated heterocycles. The molecule has 0 spiro atoms. The zero-order valence-corrected chi connectivity index (χ0v) is 18.0. The van der Waals surface area contributed by atoms with Gasteiger partial charge in [0.2, 0.25) is 0 Å². The number of aliphatic hydroxyl groups excluding tert-OH is 1. The molecule has 0 unspecified atom stereocenters. The Bertz CT molecular complexity index is 664. The number of carbonyl (C=O) groups is 2. The molecule has 0 amide bonds. The van der Waals surface area contributed by atoms with E-state index in [1.54, 1.807) is 19.9 Å². The summed E-state index contributed by atoms with van der Waals surface area (Å²) >= 11 is 0. The maximum atomic E-state index is 12.5. The van der Waals surface area contributed by atoms with Crippen LogP contribution in [0.15, 0.2) is 23.3 Å². The first-order chi connectivity index (χ1) is 13.0. The first kappa shape index (κ1) is 22.6. The molecule has 1 N–H and O–H groups in total. The fraction of sp³-hybridized carbons (Fsp3) is 0.727. The van der Waals surface area contributed by atoms with Crippen molar-refractivity contribution >= 4 is 11.9 Å². The summed E-state index contributed by atoms with van der Waals surface area (Å²) in [5.41, 5.74) is 0.816. The number of fused-ring (bicyclic) bond motifs is 1. The standard InChI is InChI=1S/C22H34O6/c1-8-13(4)21(25)27-18-16(12(2)3)19(26-15(6)23)20-22(7,28-20)11-9-10-14(5)17(18)24/h8,10,12,16-20,24H,9,11H2,1-7H3/b13-8+,14-10+/t16-,17-,18-,19-,20+,22+/m0/s1. The van der Waals surface area contributed by atoms with E-state index in [4.69, 9.17) is 14.2 Å². The van der Waals surface area contributed by atoms with Gasteiger partial charge in [0.25, 0.3) is 0 Å². The summed E-state index contributed by atoms with van der Waals surface area (Å²) in [5, 5.41) is 11.1. The predicted molar refractivity (Wildman–Crippen MR) is 105 cm³/mol. The molecule has 0 bridgehead atoms. The van der Waals surface area contributed by atoms with Crippen LogP contribution in [0.2, 0.25) is 0 Å². The van der Waals surface area contributed by atoms with Crippen LogP contribution in [0, 0.1) is 11.8 Å².